The number of rotatable bonds is 7. The first-order chi connectivity index (χ1) is 20.5. The molecule has 0 aliphatic heterocycles. The number of hydrogen-bond donors (Lipinski definition) is 1. The van der Waals surface area contributed by atoms with Crippen molar-refractivity contribution in [3.05, 3.63) is 101 Å². The van der Waals surface area contributed by atoms with E-state index in [1.165, 1.54) is 5.56 Å². The van der Waals surface area contributed by atoms with E-state index in [-0.39, 0.29) is 22.1 Å². The monoisotopic (exact) mass is 597 g/mol. The fourth-order valence-electron chi connectivity index (χ4n) is 7.92. The van der Waals surface area contributed by atoms with Crippen LogP contribution < -0.4 is 8.92 Å². The highest BCUT2D eigenvalue weighted by Gasteiger charge is 2.64. The summed E-state index contributed by atoms with van der Waals surface area (Å²) in [6, 6.07) is 18.2. The van der Waals surface area contributed by atoms with Gasteiger partial charge in [-0.1, -0.05) is 35.6 Å². The minimum atomic E-state index is -4.03. The second kappa shape index (κ2) is 9.79. The number of ether oxygens (including phenoxy) is 1. The SMILES string of the molecule is C=C1C[C@]23C[C@@]1(O)CC[C@H]2c1ccc(OS(=O)(=O)c2ccc(C)cc2)c(C)c1[C@@H]3Cn1cc(-c2ccc(OC)cc2)nn1. The summed E-state index contributed by atoms with van der Waals surface area (Å²) < 4.78 is 39.5. The molecule has 2 bridgehead atoms. The molecular weight excluding hydrogens is 562 g/mol. The minimum absolute atomic E-state index is 0.0466. The minimum Gasteiger partial charge on any atom is -0.497 e. The number of aryl methyl sites for hydroxylation is 1. The van der Waals surface area contributed by atoms with Gasteiger partial charge in [-0.15, -0.1) is 5.10 Å². The Balaban J connectivity index is 1.28. The summed E-state index contributed by atoms with van der Waals surface area (Å²) >= 11 is 0. The summed E-state index contributed by atoms with van der Waals surface area (Å²) in [6.45, 7) is 8.70. The second-order valence-corrected chi connectivity index (χ2v) is 14.0. The van der Waals surface area contributed by atoms with Gasteiger partial charge in [0.2, 0.25) is 0 Å². The third-order valence-corrected chi connectivity index (χ3v) is 11.3. The van der Waals surface area contributed by atoms with Gasteiger partial charge in [-0.05, 0) is 116 Å². The van der Waals surface area contributed by atoms with Crippen molar-refractivity contribution in [2.75, 3.05) is 7.11 Å². The molecule has 0 unspecified atom stereocenters. The number of hydrogen-bond acceptors (Lipinski definition) is 7. The van der Waals surface area contributed by atoms with Crippen LogP contribution in [-0.4, -0.2) is 41.2 Å². The molecule has 9 heteroatoms. The van der Waals surface area contributed by atoms with Gasteiger partial charge < -0.3 is 14.0 Å². The highest BCUT2D eigenvalue weighted by Crippen LogP contribution is 2.72. The van der Waals surface area contributed by atoms with Gasteiger partial charge in [0.15, 0.2) is 0 Å². The van der Waals surface area contributed by atoms with E-state index in [9.17, 15) is 13.5 Å². The van der Waals surface area contributed by atoms with Crippen LogP contribution in [-0.2, 0) is 16.7 Å². The lowest BCUT2D eigenvalue weighted by Crippen LogP contribution is -2.39. The smallest absolute Gasteiger partial charge is 0.339 e. The van der Waals surface area contributed by atoms with Crippen molar-refractivity contribution in [2.45, 2.75) is 68.4 Å². The molecule has 2 saturated carbocycles. The van der Waals surface area contributed by atoms with Crippen molar-refractivity contribution in [1.29, 1.82) is 0 Å². The maximum atomic E-state index is 13.3. The molecule has 3 aromatic carbocycles. The van der Waals surface area contributed by atoms with Crippen LogP contribution >= 0.6 is 0 Å². The zero-order valence-electron chi connectivity index (χ0n) is 24.6. The Morgan fingerprint density at radius 3 is 2.53 bits per heavy atom. The fraction of sp³-hybridized carbons (Fsp3) is 0.353. The molecule has 3 aliphatic carbocycles. The zero-order valence-corrected chi connectivity index (χ0v) is 25.4. The number of nitrogens with zero attached hydrogens (tertiary/aromatic N) is 3. The van der Waals surface area contributed by atoms with Crippen LogP contribution in [0.25, 0.3) is 11.3 Å². The molecule has 3 aliphatic rings. The average molecular weight is 598 g/mol. The van der Waals surface area contributed by atoms with Gasteiger partial charge >= 0.3 is 10.1 Å². The molecular formula is C34H35N3O5S. The summed E-state index contributed by atoms with van der Waals surface area (Å²) in [5.41, 5.74) is 5.51. The largest absolute Gasteiger partial charge is 0.497 e. The molecule has 0 amide bonds. The van der Waals surface area contributed by atoms with Gasteiger partial charge in [0, 0.05) is 11.5 Å². The lowest BCUT2D eigenvalue weighted by molar-refractivity contribution is 0.00370. The van der Waals surface area contributed by atoms with Gasteiger partial charge in [0.05, 0.1) is 25.5 Å². The Kier molecular flexibility index (Phi) is 6.34. The van der Waals surface area contributed by atoms with Crippen LogP contribution in [0.1, 0.15) is 59.8 Å². The third kappa shape index (κ3) is 4.40. The van der Waals surface area contributed by atoms with E-state index in [4.69, 9.17) is 8.92 Å². The van der Waals surface area contributed by atoms with Crippen LogP contribution in [0.3, 0.4) is 0 Å². The van der Waals surface area contributed by atoms with Crippen molar-refractivity contribution >= 4 is 10.1 Å². The van der Waals surface area contributed by atoms with E-state index in [0.717, 1.165) is 45.7 Å². The van der Waals surface area contributed by atoms with E-state index < -0.39 is 15.7 Å². The molecule has 0 radical (unpaired) electrons. The third-order valence-electron chi connectivity index (χ3n) is 10.1. The zero-order chi connectivity index (χ0) is 30.1. The Labute approximate surface area is 252 Å². The molecule has 1 N–H and O–H groups in total. The van der Waals surface area contributed by atoms with Crippen LogP contribution in [0, 0.1) is 19.3 Å². The van der Waals surface area contributed by atoms with Crippen LogP contribution in [0.4, 0.5) is 0 Å². The average Bonchev–Trinajstić information content (AvgIpc) is 3.61. The molecule has 1 heterocycles. The maximum Gasteiger partial charge on any atom is 0.339 e. The number of aromatic nitrogens is 3. The number of aliphatic hydroxyl groups is 1. The lowest BCUT2D eigenvalue weighted by atomic mass is 9.63. The predicted molar refractivity (Wildman–Crippen MR) is 163 cm³/mol. The first-order valence-corrected chi connectivity index (χ1v) is 16.0. The Hall–Kier alpha value is -3.95. The van der Waals surface area contributed by atoms with Gasteiger partial charge in [-0.2, -0.15) is 8.42 Å². The highest BCUT2D eigenvalue weighted by molar-refractivity contribution is 7.87. The van der Waals surface area contributed by atoms with Gasteiger partial charge in [0.1, 0.15) is 22.1 Å². The van der Waals surface area contributed by atoms with Crippen LogP contribution in [0.15, 0.2) is 83.9 Å². The van der Waals surface area contributed by atoms with Crippen molar-refractivity contribution in [3.63, 3.8) is 0 Å². The van der Waals surface area contributed by atoms with Gasteiger partial charge in [0.25, 0.3) is 0 Å². The van der Waals surface area contributed by atoms with Crippen molar-refractivity contribution in [3.8, 4) is 22.8 Å². The summed E-state index contributed by atoms with van der Waals surface area (Å²) in [6.07, 6.45) is 4.80. The summed E-state index contributed by atoms with van der Waals surface area (Å²) in [4.78, 5) is 0.118. The quantitative estimate of drug-likeness (QED) is 0.203. The standard InChI is InChI=1S/C34H35N3O5S/c1-21-5-11-26(12-6-21)43(39,40)42-31-14-13-27-28-15-16-34(38)20-33(28,17-22(34)2)29(32(27)23(31)3)18-37-19-30(35-36-37)24-7-9-25(41-4)10-8-24/h5-14,19,28-29,38H,2,15-18,20H2,1,3-4H3/t28-,29-,33-,34-/m0/s1. The lowest BCUT2D eigenvalue weighted by Gasteiger charge is -2.42. The topological polar surface area (TPSA) is 104 Å². The number of methoxy groups -OCH3 is 1. The first-order valence-electron chi connectivity index (χ1n) is 14.6. The van der Waals surface area contributed by atoms with E-state index in [1.54, 1.807) is 37.4 Å². The van der Waals surface area contributed by atoms with Crippen LogP contribution in [0.2, 0.25) is 0 Å². The number of fused-ring (bicyclic) bond motifs is 3. The Morgan fingerprint density at radius 1 is 1.07 bits per heavy atom. The Bertz CT molecular complexity index is 1850. The molecule has 4 atom stereocenters. The normalized spacial score (nSPS) is 25.8. The van der Waals surface area contributed by atoms with Crippen molar-refractivity contribution < 1.29 is 22.4 Å². The second-order valence-electron chi connectivity index (χ2n) is 12.5. The highest BCUT2D eigenvalue weighted by atomic mass is 32.2. The molecule has 8 nitrogen and oxygen atoms in total. The maximum absolute atomic E-state index is 13.3. The van der Waals surface area contributed by atoms with Gasteiger partial charge in [-0.25, -0.2) is 0 Å². The van der Waals surface area contributed by atoms with E-state index in [1.807, 2.05) is 55.1 Å². The summed E-state index contributed by atoms with van der Waals surface area (Å²) in [5, 5.41) is 20.5. The van der Waals surface area contributed by atoms with Crippen molar-refractivity contribution in [2.24, 2.45) is 5.41 Å². The predicted octanol–water partition coefficient (Wildman–Crippen LogP) is 6.08. The summed E-state index contributed by atoms with van der Waals surface area (Å²) in [7, 11) is -2.39. The molecule has 4 aromatic rings. The Morgan fingerprint density at radius 2 is 1.81 bits per heavy atom. The van der Waals surface area contributed by atoms with E-state index >= 15 is 0 Å². The van der Waals surface area contributed by atoms with E-state index in [2.05, 4.69) is 16.9 Å². The first kappa shape index (κ1) is 27.9. The molecule has 1 spiro atoms. The molecule has 43 heavy (non-hydrogen) atoms. The molecule has 0 saturated heterocycles. The van der Waals surface area contributed by atoms with Crippen LogP contribution in [0.5, 0.6) is 11.5 Å². The fourth-order valence-corrected chi connectivity index (χ4v) is 8.90. The summed E-state index contributed by atoms with van der Waals surface area (Å²) in [5.74, 6) is 1.27. The molecule has 1 aromatic heterocycles. The van der Waals surface area contributed by atoms with E-state index in [0.29, 0.717) is 31.6 Å². The molecule has 2 fully saturated rings. The van der Waals surface area contributed by atoms with Gasteiger partial charge in [-0.3, -0.25) is 4.68 Å². The number of benzene rings is 3. The molecule has 7 rings (SSSR count). The van der Waals surface area contributed by atoms with Crippen molar-refractivity contribution in [1.82, 2.24) is 15.0 Å². The molecule has 222 valence electrons.